The van der Waals surface area contributed by atoms with E-state index in [2.05, 4.69) is 66.5 Å². The maximum absolute atomic E-state index is 3.72. The summed E-state index contributed by atoms with van der Waals surface area (Å²) in [6, 6.07) is 20.1. The highest BCUT2D eigenvalue weighted by Crippen LogP contribution is 2.33. The van der Waals surface area contributed by atoms with Gasteiger partial charge < -0.3 is 4.98 Å². The third kappa shape index (κ3) is 7.35. The number of aryl methyl sites for hydroxylation is 1. The molecule has 0 fully saturated rings. The first-order valence-corrected chi connectivity index (χ1v) is 14.8. The molecule has 0 unspecified atom stereocenters. The van der Waals surface area contributed by atoms with Gasteiger partial charge in [-0.1, -0.05) is 152 Å². The van der Waals surface area contributed by atoms with E-state index in [0.717, 1.165) is 0 Å². The van der Waals surface area contributed by atoms with Crippen LogP contribution in [0.5, 0.6) is 0 Å². The van der Waals surface area contributed by atoms with Crippen molar-refractivity contribution < 1.29 is 0 Å². The van der Waals surface area contributed by atoms with Crippen molar-refractivity contribution in [3.05, 3.63) is 60.2 Å². The van der Waals surface area contributed by atoms with Gasteiger partial charge in [-0.3, -0.25) is 0 Å². The van der Waals surface area contributed by atoms with E-state index in [-0.39, 0.29) is 0 Å². The molecule has 1 heteroatoms. The number of nitrogens with one attached hydrogen (secondary N) is 1. The molecule has 0 spiro atoms. The van der Waals surface area contributed by atoms with Gasteiger partial charge in [0.1, 0.15) is 0 Å². The van der Waals surface area contributed by atoms with Gasteiger partial charge in [-0.2, -0.15) is 0 Å². The van der Waals surface area contributed by atoms with Crippen molar-refractivity contribution in [1.82, 2.24) is 4.98 Å². The predicted molar refractivity (Wildman–Crippen MR) is 157 cm³/mol. The molecule has 1 N–H and O–H groups in total. The minimum absolute atomic E-state index is 1.18. The van der Waals surface area contributed by atoms with Crippen molar-refractivity contribution in [2.75, 3.05) is 0 Å². The summed E-state index contributed by atoms with van der Waals surface area (Å²) in [6.07, 6.45) is 24.0. The molecule has 1 heterocycles. The Balaban J connectivity index is 1.13. The van der Waals surface area contributed by atoms with Crippen molar-refractivity contribution in [2.45, 2.75) is 116 Å². The van der Waals surface area contributed by atoms with Crippen LogP contribution in [-0.4, -0.2) is 4.98 Å². The Morgan fingerprint density at radius 3 is 1.77 bits per heavy atom. The summed E-state index contributed by atoms with van der Waals surface area (Å²) in [7, 11) is 0. The number of fused-ring (bicyclic) bond motifs is 5. The fraction of sp³-hybridized carbons (Fsp3) is 0.529. The van der Waals surface area contributed by atoms with Gasteiger partial charge in [0, 0.05) is 21.7 Å². The molecule has 4 aromatic rings. The third-order valence-electron chi connectivity index (χ3n) is 7.91. The highest BCUT2D eigenvalue weighted by Gasteiger charge is 2.10. The van der Waals surface area contributed by atoms with E-state index >= 15 is 0 Å². The van der Waals surface area contributed by atoms with Gasteiger partial charge >= 0.3 is 0 Å². The van der Waals surface area contributed by atoms with Gasteiger partial charge in [-0.25, -0.2) is 0 Å². The van der Waals surface area contributed by atoms with Gasteiger partial charge in [0.15, 0.2) is 0 Å². The van der Waals surface area contributed by atoms with E-state index in [1.54, 1.807) is 0 Å². The Labute approximate surface area is 213 Å². The number of hydrogen-bond acceptors (Lipinski definition) is 0. The first-order valence-electron chi connectivity index (χ1n) is 14.8. The molecule has 0 aliphatic rings. The quantitative estimate of drug-likeness (QED) is 0.148. The first-order chi connectivity index (χ1) is 17.4. The first kappa shape index (κ1) is 25.8. The average molecular weight is 470 g/mol. The molecule has 0 bridgehead atoms. The maximum atomic E-state index is 3.72. The summed E-state index contributed by atoms with van der Waals surface area (Å²) in [5, 5.41) is 5.48. The fourth-order valence-corrected chi connectivity index (χ4v) is 5.84. The van der Waals surface area contributed by atoms with Crippen LogP contribution in [0.2, 0.25) is 0 Å². The zero-order valence-electron chi connectivity index (χ0n) is 22.2. The Hall–Kier alpha value is -2.28. The van der Waals surface area contributed by atoms with E-state index in [9.17, 15) is 0 Å². The SMILES string of the molecule is CCCCCCCCCCCCCCCCCCc1cccc2ccc3c4ccccc4[nH]c3c12. The largest absolute Gasteiger partial charge is 0.354 e. The Kier molecular flexibility index (Phi) is 10.6. The molecule has 1 nitrogen and oxygen atoms in total. The molecule has 0 saturated carbocycles. The topological polar surface area (TPSA) is 15.8 Å². The Bertz CT molecular complexity index is 1150. The number of rotatable bonds is 17. The van der Waals surface area contributed by atoms with E-state index in [1.165, 1.54) is 147 Å². The molecule has 35 heavy (non-hydrogen) atoms. The fourth-order valence-electron chi connectivity index (χ4n) is 5.84. The number of para-hydroxylation sites is 1. The molecule has 188 valence electrons. The van der Waals surface area contributed by atoms with Crippen LogP contribution < -0.4 is 0 Å². The molecule has 0 radical (unpaired) electrons. The lowest BCUT2D eigenvalue weighted by Gasteiger charge is -2.08. The summed E-state index contributed by atoms with van der Waals surface area (Å²) < 4.78 is 0. The zero-order chi connectivity index (χ0) is 24.1. The highest BCUT2D eigenvalue weighted by atomic mass is 14.7. The molecule has 0 amide bonds. The normalized spacial score (nSPS) is 11.8. The van der Waals surface area contributed by atoms with Crippen molar-refractivity contribution in [3.8, 4) is 0 Å². The lowest BCUT2D eigenvalue weighted by Crippen LogP contribution is -1.90. The van der Waals surface area contributed by atoms with Gasteiger partial charge in [0.05, 0.1) is 5.52 Å². The molecule has 0 saturated heterocycles. The Morgan fingerprint density at radius 2 is 1.11 bits per heavy atom. The van der Waals surface area contributed by atoms with E-state index in [4.69, 9.17) is 0 Å². The van der Waals surface area contributed by atoms with E-state index in [0.29, 0.717) is 0 Å². The summed E-state index contributed by atoms with van der Waals surface area (Å²) in [4.78, 5) is 3.72. The maximum Gasteiger partial charge on any atom is 0.0547 e. The van der Waals surface area contributed by atoms with Gasteiger partial charge in [0.2, 0.25) is 0 Å². The molecule has 3 aromatic carbocycles. The minimum atomic E-state index is 1.18. The van der Waals surface area contributed by atoms with Crippen molar-refractivity contribution in [3.63, 3.8) is 0 Å². The lowest BCUT2D eigenvalue weighted by atomic mass is 9.97. The van der Waals surface area contributed by atoms with Crippen LogP contribution >= 0.6 is 0 Å². The number of unbranched alkanes of at least 4 members (excludes halogenated alkanes) is 15. The summed E-state index contributed by atoms with van der Waals surface area (Å²) in [5.41, 5.74) is 4.06. The van der Waals surface area contributed by atoms with Crippen LogP contribution in [0.3, 0.4) is 0 Å². The van der Waals surface area contributed by atoms with Crippen LogP contribution in [0.1, 0.15) is 115 Å². The minimum Gasteiger partial charge on any atom is -0.354 e. The van der Waals surface area contributed by atoms with Gasteiger partial charge in [0.25, 0.3) is 0 Å². The number of H-pyrrole nitrogens is 1. The summed E-state index contributed by atoms with van der Waals surface area (Å²) in [5.74, 6) is 0. The summed E-state index contributed by atoms with van der Waals surface area (Å²) >= 11 is 0. The number of hydrogen-bond donors (Lipinski definition) is 1. The van der Waals surface area contributed by atoms with Crippen LogP contribution in [0.25, 0.3) is 32.6 Å². The number of aromatic amines is 1. The molecule has 0 atom stereocenters. The van der Waals surface area contributed by atoms with E-state index in [1.807, 2.05) is 0 Å². The highest BCUT2D eigenvalue weighted by molar-refractivity contribution is 6.17. The van der Waals surface area contributed by atoms with E-state index < -0.39 is 0 Å². The van der Waals surface area contributed by atoms with Crippen LogP contribution in [0.4, 0.5) is 0 Å². The molecular weight excluding hydrogens is 422 g/mol. The number of aromatic nitrogens is 1. The average Bonchev–Trinajstić information content (AvgIpc) is 3.27. The smallest absolute Gasteiger partial charge is 0.0547 e. The lowest BCUT2D eigenvalue weighted by molar-refractivity contribution is 0.529. The molecular formula is C34H47N. The van der Waals surface area contributed by atoms with Crippen LogP contribution in [0, 0.1) is 0 Å². The number of benzene rings is 3. The van der Waals surface area contributed by atoms with Gasteiger partial charge in [-0.15, -0.1) is 0 Å². The van der Waals surface area contributed by atoms with Crippen molar-refractivity contribution >= 4 is 32.6 Å². The van der Waals surface area contributed by atoms with Crippen molar-refractivity contribution in [2.24, 2.45) is 0 Å². The second-order valence-electron chi connectivity index (χ2n) is 10.7. The van der Waals surface area contributed by atoms with Crippen LogP contribution in [0.15, 0.2) is 54.6 Å². The Morgan fingerprint density at radius 1 is 0.514 bits per heavy atom. The molecule has 0 aliphatic carbocycles. The van der Waals surface area contributed by atoms with Crippen molar-refractivity contribution in [1.29, 1.82) is 0 Å². The zero-order valence-corrected chi connectivity index (χ0v) is 22.2. The van der Waals surface area contributed by atoms with Crippen LogP contribution in [-0.2, 0) is 6.42 Å². The second-order valence-corrected chi connectivity index (χ2v) is 10.7. The van der Waals surface area contributed by atoms with Gasteiger partial charge in [-0.05, 0) is 29.9 Å². The monoisotopic (exact) mass is 469 g/mol. The third-order valence-corrected chi connectivity index (χ3v) is 7.91. The molecule has 4 rings (SSSR count). The summed E-state index contributed by atoms with van der Waals surface area (Å²) in [6.45, 7) is 2.30. The standard InChI is InChI=1S/C34H47N/c1-2-3-4-5-6-7-8-9-10-11-12-13-14-15-16-17-21-28-22-20-23-29-26-27-31-30-24-18-19-25-32(30)35-34(31)33(28)29/h18-20,22-27,35H,2-17,21H2,1H3. The molecule has 0 aliphatic heterocycles. The molecule has 1 aromatic heterocycles. The second kappa shape index (κ2) is 14.3. The predicted octanol–water partition coefficient (Wildman–Crippen LogP) is 11.3.